The molecule has 176 valence electrons. The molecule has 1 aromatic heterocycles. The van der Waals surface area contributed by atoms with Crippen LogP contribution in [0, 0.1) is 11.8 Å². The Balaban J connectivity index is 1.28. The summed E-state index contributed by atoms with van der Waals surface area (Å²) in [5, 5.41) is 4.23. The van der Waals surface area contributed by atoms with Gasteiger partial charge in [-0.15, -0.1) is 0 Å². The molecule has 0 atom stereocenters. The predicted octanol–water partition coefficient (Wildman–Crippen LogP) is 4.60. The maximum atomic E-state index is 12.9. The summed E-state index contributed by atoms with van der Waals surface area (Å²) in [6.07, 6.45) is 6.77. The van der Waals surface area contributed by atoms with Crippen molar-refractivity contribution in [2.24, 2.45) is 11.8 Å². The van der Waals surface area contributed by atoms with Crippen molar-refractivity contribution in [2.45, 2.75) is 64.5 Å². The highest BCUT2D eigenvalue weighted by molar-refractivity contribution is 5.99. The summed E-state index contributed by atoms with van der Waals surface area (Å²) in [6, 6.07) is 8.78. The first-order valence-corrected chi connectivity index (χ1v) is 12.3. The van der Waals surface area contributed by atoms with Gasteiger partial charge in [0.2, 0.25) is 0 Å². The first kappa shape index (κ1) is 23.1. The summed E-state index contributed by atoms with van der Waals surface area (Å²) >= 11 is 0. The minimum atomic E-state index is -0.0150. The maximum absolute atomic E-state index is 12.9. The number of aromatic amines is 1. The van der Waals surface area contributed by atoms with Crippen molar-refractivity contribution in [2.75, 3.05) is 33.4 Å². The molecule has 32 heavy (non-hydrogen) atoms. The number of nitrogens with one attached hydrogen (secondary N) is 2. The van der Waals surface area contributed by atoms with E-state index >= 15 is 0 Å². The Bertz CT molecular complexity index is 880. The number of aromatic nitrogens is 1. The van der Waals surface area contributed by atoms with Crippen molar-refractivity contribution in [3.8, 4) is 5.75 Å². The van der Waals surface area contributed by atoms with Gasteiger partial charge in [-0.2, -0.15) is 0 Å². The number of benzene rings is 1. The molecule has 1 amide bonds. The monoisotopic (exact) mass is 441 g/mol. The van der Waals surface area contributed by atoms with Crippen LogP contribution >= 0.6 is 0 Å². The van der Waals surface area contributed by atoms with Crippen LogP contribution in [-0.2, 0) is 4.74 Å². The van der Waals surface area contributed by atoms with E-state index in [0.29, 0.717) is 24.3 Å². The number of fused-ring (bicyclic) bond motifs is 1. The molecule has 2 heterocycles. The van der Waals surface area contributed by atoms with Gasteiger partial charge in [0.15, 0.2) is 0 Å². The molecular weight excluding hydrogens is 402 g/mol. The third-order valence-corrected chi connectivity index (χ3v) is 6.98. The molecule has 6 heteroatoms. The van der Waals surface area contributed by atoms with Crippen LogP contribution in [0.15, 0.2) is 24.3 Å². The van der Waals surface area contributed by atoms with Crippen molar-refractivity contribution in [1.82, 2.24) is 15.2 Å². The quantitative estimate of drug-likeness (QED) is 0.628. The molecule has 0 spiro atoms. The fourth-order valence-electron chi connectivity index (χ4n) is 5.07. The molecule has 0 bridgehead atoms. The number of hydrogen-bond donors (Lipinski definition) is 2. The van der Waals surface area contributed by atoms with Crippen LogP contribution < -0.4 is 10.1 Å². The highest BCUT2D eigenvalue weighted by Gasteiger charge is 2.26. The Labute approximate surface area is 192 Å². The maximum Gasteiger partial charge on any atom is 0.267 e. The topological polar surface area (TPSA) is 66.6 Å². The average molecular weight is 442 g/mol. The van der Waals surface area contributed by atoms with E-state index in [-0.39, 0.29) is 11.9 Å². The minimum Gasteiger partial charge on any atom is -0.493 e. The molecule has 6 nitrogen and oxygen atoms in total. The lowest BCUT2D eigenvalue weighted by Crippen LogP contribution is -2.42. The zero-order chi connectivity index (χ0) is 22.5. The van der Waals surface area contributed by atoms with E-state index in [4.69, 9.17) is 9.47 Å². The van der Waals surface area contributed by atoms with Crippen molar-refractivity contribution < 1.29 is 14.3 Å². The zero-order valence-corrected chi connectivity index (χ0v) is 19.9. The molecule has 0 radical (unpaired) electrons. The smallest absolute Gasteiger partial charge is 0.267 e. The first-order chi connectivity index (χ1) is 15.5. The highest BCUT2D eigenvalue weighted by atomic mass is 16.5. The summed E-state index contributed by atoms with van der Waals surface area (Å²) in [4.78, 5) is 18.7. The van der Waals surface area contributed by atoms with Crippen molar-refractivity contribution >= 4 is 16.8 Å². The second-order valence-electron chi connectivity index (χ2n) is 10.1. The Hall–Kier alpha value is -2.05. The lowest BCUT2D eigenvalue weighted by Gasteiger charge is -2.36. The molecule has 4 rings (SSSR count). The van der Waals surface area contributed by atoms with Gasteiger partial charge in [0.25, 0.3) is 5.91 Å². The summed E-state index contributed by atoms with van der Waals surface area (Å²) in [5.41, 5.74) is 1.55. The Morgan fingerprint density at radius 2 is 1.94 bits per heavy atom. The van der Waals surface area contributed by atoms with E-state index in [1.54, 1.807) is 0 Å². The van der Waals surface area contributed by atoms with Gasteiger partial charge in [0, 0.05) is 42.7 Å². The number of hydrogen-bond acceptors (Lipinski definition) is 4. The number of rotatable bonds is 8. The molecule has 1 saturated heterocycles. The predicted molar refractivity (Wildman–Crippen MR) is 128 cm³/mol. The third-order valence-electron chi connectivity index (χ3n) is 6.98. The van der Waals surface area contributed by atoms with E-state index in [0.717, 1.165) is 68.0 Å². The van der Waals surface area contributed by atoms with E-state index in [9.17, 15) is 4.79 Å². The van der Waals surface area contributed by atoms with Crippen LogP contribution in [0.25, 0.3) is 10.9 Å². The van der Waals surface area contributed by atoms with Gasteiger partial charge in [-0.05, 0) is 75.6 Å². The fourth-order valence-corrected chi connectivity index (χ4v) is 5.07. The normalized spacial score (nSPS) is 22.5. The summed E-state index contributed by atoms with van der Waals surface area (Å²) in [6.45, 7) is 7.88. The van der Waals surface area contributed by atoms with Crippen molar-refractivity contribution in [1.29, 1.82) is 0 Å². The van der Waals surface area contributed by atoms with Crippen LogP contribution in [0.2, 0.25) is 0 Å². The summed E-state index contributed by atoms with van der Waals surface area (Å²) < 4.78 is 11.4. The first-order valence-electron chi connectivity index (χ1n) is 12.3. The molecule has 1 aliphatic heterocycles. The minimum absolute atomic E-state index is 0.0150. The number of carbonyl (C=O) groups is 1. The molecule has 2 aliphatic rings. The fraction of sp³-hybridized carbons (Fsp3) is 0.654. The molecule has 2 aromatic rings. The standard InChI is InChI=1S/C26H39N3O3/c1-18(2)17-32-25-6-4-5-23-22(25)15-24(28-23)26(30)27-20-9-7-19(8-10-20)16-29(3)21-11-13-31-14-12-21/h4-6,15,18-21,28H,7-14,16-17H2,1-3H3,(H,27,30)/t19-,20-. The van der Waals surface area contributed by atoms with Gasteiger partial charge >= 0.3 is 0 Å². The molecule has 0 unspecified atom stereocenters. The summed E-state index contributed by atoms with van der Waals surface area (Å²) in [7, 11) is 2.26. The van der Waals surface area contributed by atoms with Gasteiger partial charge in [-0.3, -0.25) is 4.79 Å². The average Bonchev–Trinajstić information content (AvgIpc) is 3.25. The number of ether oxygens (including phenoxy) is 2. The lowest BCUT2D eigenvalue weighted by atomic mass is 9.85. The summed E-state index contributed by atoms with van der Waals surface area (Å²) in [5.74, 6) is 2.00. The molecular formula is C26H39N3O3. The third kappa shape index (κ3) is 5.84. The van der Waals surface area contributed by atoms with E-state index in [2.05, 4.69) is 36.1 Å². The second-order valence-corrected chi connectivity index (χ2v) is 10.1. The van der Waals surface area contributed by atoms with Crippen LogP contribution in [0.1, 0.15) is 62.9 Å². The second kappa shape index (κ2) is 10.7. The Morgan fingerprint density at radius 1 is 1.19 bits per heavy atom. The van der Waals surface area contributed by atoms with E-state index in [1.807, 2.05) is 24.3 Å². The van der Waals surface area contributed by atoms with Crippen molar-refractivity contribution in [3.63, 3.8) is 0 Å². The van der Waals surface area contributed by atoms with Crippen LogP contribution in [0.5, 0.6) is 5.75 Å². The Kier molecular flexibility index (Phi) is 7.74. The lowest BCUT2D eigenvalue weighted by molar-refractivity contribution is 0.0356. The van der Waals surface area contributed by atoms with Gasteiger partial charge in [-0.25, -0.2) is 0 Å². The van der Waals surface area contributed by atoms with Gasteiger partial charge in [-0.1, -0.05) is 19.9 Å². The van der Waals surface area contributed by atoms with Crippen LogP contribution in [0.3, 0.4) is 0 Å². The van der Waals surface area contributed by atoms with Crippen LogP contribution in [-0.4, -0.2) is 61.3 Å². The molecule has 1 saturated carbocycles. The molecule has 2 N–H and O–H groups in total. The van der Waals surface area contributed by atoms with Gasteiger partial charge in [0.1, 0.15) is 11.4 Å². The van der Waals surface area contributed by atoms with Gasteiger partial charge < -0.3 is 24.7 Å². The highest BCUT2D eigenvalue weighted by Crippen LogP contribution is 2.29. The van der Waals surface area contributed by atoms with Gasteiger partial charge in [0.05, 0.1) is 6.61 Å². The van der Waals surface area contributed by atoms with E-state index in [1.165, 1.54) is 12.8 Å². The van der Waals surface area contributed by atoms with Crippen molar-refractivity contribution in [3.05, 3.63) is 30.0 Å². The largest absolute Gasteiger partial charge is 0.493 e. The molecule has 1 aliphatic carbocycles. The number of amides is 1. The number of nitrogens with zero attached hydrogens (tertiary/aromatic N) is 1. The molecule has 1 aromatic carbocycles. The van der Waals surface area contributed by atoms with Crippen LogP contribution in [0.4, 0.5) is 0 Å². The Morgan fingerprint density at radius 3 is 2.66 bits per heavy atom. The van der Waals surface area contributed by atoms with E-state index < -0.39 is 0 Å². The number of H-pyrrole nitrogens is 1. The SMILES string of the molecule is CC(C)COc1cccc2[nH]c(C(=O)N[C@H]3CC[C@H](CN(C)C4CCOCC4)CC3)cc12. The number of carbonyl (C=O) groups excluding carboxylic acids is 1. The molecule has 2 fully saturated rings. The zero-order valence-electron chi connectivity index (χ0n) is 19.9.